The van der Waals surface area contributed by atoms with Crippen molar-refractivity contribution in [3.8, 4) is 0 Å². The van der Waals surface area contributed by atoms with E-state index in [1.807, 2.05) is 31.3 Å². The van der Waals surface area contributed by atoms with Crippen LogP contribution in [0.25, 0.3) is 0 Å². The first kappa shape index (κ1) is 17.7. The summed E-state index contributed by atoms with van der Waals surface area (Å²) in [6.45, 7) is 0. The molecule has 1 aliphatic carbocycles. The van der Waals surface area contributed by atoms with Gasteiger partial charge >= 0.3 is 0 Å². The molecule has 2 aromatic rings. The molecular weight excluding hydrogens is 365 g/mol. The predicted molar refractivity (Wildman–Crippen MR) is 98.9 cm³/mol. The molecule has 0 saturated heterocycles. The number of hydrogen-bond acceptors (Lipinski definition) is 3. The standard InChI is InChI=1S/C18H19Cl2NO2S/c1-21-18-8-6-13(11-3-7-16(19)17(20)9-11)14-5-4-12(10-15(14)18)24(2,22)23/h3-5,7,9-10,13,18,21H,6,8H2,1-2H3. The molecule has 0 aliphatic heterocycles. The van der Waals surface area contributed by atoms with Gasteiger partial charge in [0.2, 0.25) is 0 Å². The fourth-order valence-electron chi connectivity index (χ4n) is 3.42. The second-order valence-corrected chi connectivity index (χ2v) is 9.04. The first-order chi connectivity index (χ1) is 11.3. The van der Waals surface area contributed by atoms with E-state index >= 15 is 0 Å². The summed E-state index contributed by atoms with van der Waals surface area (Å²) in [6.07, 6.45) is 3.14. The van der Waals surface area contributed by atoms with Gasteiger partial charge in [0.05, 0.1) is 14.9 Å². The van der Waals surface area contributed by atoms with Crippen molar-refractivity contribution >= 4 is 33.0 Å². The van der Waals surface area contributed by atoms with E-state index in [9.17, 15) is 8.42 Å². The van der Waals surface area contributed by atoms with Gasteiger partial charge in [-0.25, -0.2) is 8.42 Å². The quantitative estimate of drug-likeness (QED) is 0.843. The van der Waals surface area contributed by atoms with Crippen molar-refractivity contribution in [1.29, 1.82) is 0 Å². The molecule has 128 valence electrons. The van der Waals surface area contributed by atoms with Gasteiger partial charge in [-0.2, -0.15) is 0 Å². The van der Waals surface area contributed by atoms with Gasteiger partial charge in [-0.3, -0.25) is 0 Å². The lowest BCUT2D eigenvalue weighted by Crippen LogP contribution is -2.24. The summed E-state index contributed by atoms with van der Waals surface area (Å²) in [4.78, 5) is 0.358. The fraction of sp³-hybridized carbons (Fsp3) is 0.333. The summed E-state index contributed by atoms with van der Waals surface area (Å²) in [5, 5.41) is 4.37. The molecule has 1 N–H and O–H groups in total. The lowest BCUT2D eigenvalue weighted by atomic mass is 9.77. The van der Waals surface area contributed by atoms with Gasteiger partial charge in [-0.05, 0) is 60.8 Å². The van der Waals surface area contributed by atoms with Gasteiger partial charge in [0, 0.05) is 18.2 Å². The summed E-state index contributed by atoms with van der Waals surface area (Å²) in [7, 11) is -1.32. The molecule has 0 saturated carbocycles. The third kappa shape index (κ3) is 3.33. The van der Waals surface area contributed by atoms with Crippen molar-refractivity contribution < 1.29 is 8.42 Å². The van der Waals surface area contributed by atoms with Crippen molar-refractivity contribution in [3.05, 3.63) is 63.1 Å². The fourth-order valence-corrected chi connectivity index (χ4v) is 4.38. The molecule has 0 aromatic heterocycles. The lowest BCUT2D eigenvalue weighted by Gasteiger charge is -2.32. The summed E-state index contributed by atoms with van der Waals surface area (Å²) >= 11 is 12.2. The minimum atomic E-state index is -3.23. The van der Waals surface area contributed by atoms with Gasteiger partial charge < -0.3 is 5.32 Å². The van der Waals surface area contributed by atoms with Crippen LogP contribution < -0.4 is 5.32 Å². The Morgan fingerprint density at radius 1 is 1.00 bits per heavy atom. The van der Waals surface area contributed by atoms with E-state index in [-0.39, 0.29) is 12.0 Å². The highest BCUT2D eigenvalue weighted by Gasteiger charge is 2.28. The summed E-state index contributed by atoms with van der Waals surface area (Å²) < 4.78 is 23.8. The SMILES string of the molecule is CNC1CCC(c2ccc(Cl)c(Cl)c2)c2ccc(S(C)(=O)=O)cc21. The van der Waals surface area contributed by atoms with Gasteiger partial charge in [0.1, 0.15) is 0 Å². The van der Waals surface area contributed by atoms with Crippen LogP contribution >= 0.6 is 23.2 Å². The predicted octanol–water partition coefficient (Wildman–Crippen LogP) is 4.58. The molecule has 0 bridgehead atoms. The lowest BCUT2D eigenvalue weighted by molar-refractivity contribution is 0.469. The van der Waals surface area contributed by atoms with Gasteiger partial charge in [-0.15, -0.1) is 0 Å². The maximum Gasteiger partial charge on any atom is 0.175 e. The largest absolute Gasteiger partial charge is 0.313 e. The second-order valence-electron chi connectivity index (χ2n) is 6.21. The smallest absolute Gasteiger partial charge is 0.175 e. The van der Waals surface area contributed by atoms with Gasteiger partial charge in [0.25, 0.3) is 0 Å². The summed E-state index contributed by atoms with van der Waals surface area (Å²) in [5.74, 6) is 0.188. The van der Waals surface area contributed by atoms with Crippen LogP contribution in [0.1, 0.15) is 41.5 Å². The van der Waals surface area contributed by atoms with Crippen molar-refractivity contribution in [1.82, 2.24) is 5.32 Å². The Kier molecular flexibility index (Phi) is 4.94. The Balaban J connectivity index is 2.12. The van der Waals surface area contributed by atoms with Crippen molar-refractivity contribution in [2.75, 3.05) is 13.3 Å². The average Bonchev–Trinajstić information content (AvgIpc) is 2.55. The molecule has 3 nitrogen and oxygen atoms in total. The van der Waals surface area contributed by atoms with Crippen LogP contribution in [-0.2, 0) is 9.84 Å². The number of rotatable bonds is 3. The van der Waals surface area contributed by atoms with Gasteiger partial charge in [-0.1, -0.05) is 35.3 Å². The molecule has 6 heteroatoms. The Hall–Kier alpha value is -1.07. The highest BCUT2D eigenvalue weighted by molar-refractivity contribution is 7.90. The van der Waals surface area contributed by atoms with E-state index in [1.165, 1.54) is 6.26 Å². The van der Waals surface area contributed by atoms with Crippen LogP contribution in [0.15, 0.2) is 41.3 Å². The molecule has 0 spiro atoms. The number of hydrogen-bond donors (Lipinski definition) is 1. The van der Waals surface area contributed by atoms with Gasteiger partial charge in [0.15, 0.2) is 9.84 Å². The maximum atomic E-state index is 11.9. The number of nitrogens with one attached hydrogen (secondary N) is 1. The monoisotopic (exact) mass is 383 g/mol. The highest BCUT2D eigenvalue weighted by atomic mass is 35.5. The van der Waals surface area contributed by atoms with E-state index in [0.717, 1.165) is 29.5 Å². The van der Waals surface area contributed by atoms with E-state index in [0.29, 0.717) is 14.9 Å². The molecule has 2 unspecified atom stereocenters. The Labute approximate surface area is 152 Å². The van der Waals surface area contributed by atoms with E-state index in [2.05, 4.69) is 5.32 Å². The zero-order valence-corrected chi connectivity index (χ0v) is 15.8. The minimum Gasteiger partial charge on any atom is -0.313 e. The van der Waals surface area contributed by atoms with Crippen LogP contribution in [-0.4, -0.2) is 21.7 Å². The molecule has 0 heterocycles. The van der Waals surface area contributed by atoms with E-state index in [1.54, 1.807) is 12.1 Å². The third-order valence-corrected chi connectivity index (χ3v) is 6.53. The molecule has 1 aliphatic rings. The molecule has 3 rings (SSSR count). The molecule has 24 heavy (non-hydrogen) atoms. The number of halogens is 2. The minimum absolute atomic E-state index is 0.153. The van der Waals surface area contributed by atoms with Crippen LogP contribution in [0.5, 0.6) is 0 Å². The Bertz CT molecular complexity index is 881. The van der Waals surface area contributed by atoms with Crippen molar-refractivity contribution in [2.24, 2.45) is 0 Å². The number of sulfone groups is 1. The average molecular weight is 384 g/mol. The van der Waals surface area contributed by atoms with E-state index < -0.39 is 9.84 Å². The Morgan fingerprint density at radius 2 is 1.75 bits per heavy atom. The normalized spacial score (nSPS) is 20.7. The third-order valence-electron chi connectivity index (χ3n) is 4.68. The first-order valence-corrected chi connectivity index (χ1v) is 10.4. The summed E-state index contributed by atoms with van der Waals surface area (Å²) in [5.41, 5.74) is 3.29. The second kappa shape index (κ2) is 6.68. The molecule has 0 amide bonds. The zero-order chi connectivity index (χ0) is 17.5. The molecule has 0 radical (unpaired) electrons. The first-order valence-electron chi connectivity index (χ1n) is 7.77. The molecule has 2 aromatic carbocycles. The number of benzene rings is 2. The molecule has 0 fully saturated rings. The van der Waals surface area contributed by atoms with Crippen LogP contribution in [0.2, 0.25) is 10.0 Å². The molecular formula is C18H19Cl2NO2S. The molecule has 2 atom stereocenters. The van der Waals surface area contributed by atoms with E-state index in [4.69, 9.17) is 23.2 Å². The highest BCUT2D eigenvalue weighted by Crippen LogP contribution is 2.43. The van der Waals surface area contributed by atoms with Crippen LogP contribution in [0, 0.1) is 0 Å². The maximum absolute atomic E-state index is 11.9. The van der Waals surface area contributed by atoms with Crippen molar-refractivity contribution in [2.45, 2.75) is 29.7 Å². The van der Waals surface area contributed by atoms with Crippen molar-refractivity contribution in [3.63, 3.8) is 0 Å². The Morgan fingerprint density at radius 3 is 2.38 bits per heavy atom. The topological polar surface area (TPSA) is 46.2 Å². The zero-order valence-electron chi connectivity index (χ0n) is 13.5. The summed E-state index contributed by atoms with van der Waals surface area (Å²) in [6, 6.07) is 11.3. The van der Waals surface area contributed by atoms with Crippen LogP contribution in [0.4, 0.5) is 0 Å². The number of fused-ring (bicyclic) bond motifs is 1. The van der Waals surface area contributed by atoms with Crippen LogP contribution in [0.3, 0.4) is 0 Å².